The molecule has 110 valence electrons. The van der Waals surface area contributed by atoms with Gasteiger partial charge in [-0.25, -0.2) is 0 Å². The molecule has 0 amide bonds. The molecule has 0 spiro atoms. The number of ether oxygens (including phenoxy) is 1. The second kappa shape index (κ2) is 5.11. The quantitative estimate of drug-likeness (QED) is 0.859. The molecule has 4 rings (SSSR count). The number of aromatic nitrogens is 3. The summed E-state index contributed by atoms with van der Waals surface area (Å²) in [6, 6.07) is 3.57. The average molecular weight is 287 g/mol. The molecule has 1 atom stereocenters. The van der Waals surface area contributed by atoms with E-state index in [0.29, 0.717) is 23.9 Å². The summed E-state index contributed by atoms with van der Waals surface area (Å²) in [5, 5.41) is 3.97. The van der Waals surface area contributed by atoms with E-state index in [0.717, 1.165) is 38.1 Å². The lowest BCUT2D eigenvalue weighted by molar-refractivity contribution is 0.0962. The van der Waals surface area contributed by atoms with Crippen LogP contribution < -0.4 is 5.56 Å². The van der Waals surface area contributed by atoms with Crippen molar-refractivity contribution in [2.75, 3.05) is 6.61 Å². The van der Waals surface area contributed by atoms with Gasteiger partial charge in [0.1, 0.15) is 5.56 Å². The van der Waals surface area contributed by atoms with E-state index >= 15 is 0 Å². The second-order valence-electron chi connectivity index (χ2n) is 5.75. The number of hydrogen-bond donors (Lipinski definition) is 0. The van der Waals surface area contributed by atoms with Gasteiger partial charge >= 0.3 is 0 Å². The van der Waals surface area contributed by atoms with E-state index in [2.05, 4.69) is 10.1 Å². The topological polar surface area (TPSA) is 70.2 Å². The van der Waals surface area contributed by atoms with E-state index in [9.17, 15) is 4.79 Å². The zero-order valence-electron chi connectivity index (χ0n) is 11.7. The Labute approximate surface area is 121 Å². The minimum absolute atomic E-state index is 0.0982. The fourth-order valence-electron chi connectivity index (χ4n) is 2.70. The fraction of sp³-hybridized carbons (Fsp3) is 0.533. The van der Waals surface area contributed by atoms with Crippen LogP contribution in [0.3, 0.4) is 0 Å². The van der Waals surface area contributed by atoms with Crippen LogP contribution in [0.5, 0.6) is 0 Å². The summed E-state index contributed by atoms with van der Waals surface area (Å²) in [7, 11) is 0. The molecule has 2 aromatic rings. The van der Waals surface area contributed by atoms with Crippen LogP contribution in [0.15, 0.2) is 27.6 Å². The van der Waals surface area contributed by atoms with Crippen molar-refractivity contribution in [1.29, 1.82) is 0 Å². The zero-order valence-corrected chi connectivity index (χ0v) is 11.7. The summed E-state index contributed by atoms with van der Waals surface area (Å²) in [5.74, 6) is 1.46. The predicted molar refractivity (Wildman–Crippen MR) is 74.9 cm³/mol. The molecule has 6 heteroatoms. The normalized spacial score (nSPS) is 21.8. The highest BCUT2D eigenvalue weighted by molar-refractivity contribution is 5.50. The summed E-state index contributed by atoms with van der Waals surface area (Å²) in [4.78, 5) is 16.9. The first-order chi connectivity index (χ1) is 10.3. The molecule has 2 aromatic heterocycles. The van der Waals surface area contributed by atoms with Gasteiger partial charge < -0.3 is 13.8 Å². The van der Waals surface area contributed by atoms with E-state index in [4.69, 9.17) is 9.26 Å². The van der Waals surface area contributed by atoms with Gasteiger partial charge in [-0.1, -0.05) is 5.16 Å². The maximum Gasteiger partial charge on any atom is 0.263 e. The number of pyridine rings is 1. The van der Waals surface area contributed by atoms with Crippen LogP contribution in [0, 0.1) is 0 Å². The molecule has 0 aromatic carbocycles. The van der Waals surface area contributed by atoms with Gasteiger partial charge in [-0.05, 0) is 37.8 Å². The summed E-state index contributed by atoms with van der Waals surface area (Å²) >= 11 is 0. The molecule has 2 fully saturated rings. The fourth-order valence-corrected chi connectivity index (χ4v) is 2.70. The average Bonchev–Trinajstić information content (AvgIpc) is 3.01. The molecule has 0 N–H and O–H groups in total. The third-order valence-electron chi connectivity index (χ3n) is 4.06. The Morgan fingerprint density at radius 2 is 2.24 bits per heavy atom. The van der Waals surface area contributed by atoms with Crippen molar-refractivity contribution in [3.05, 3.63) is 34.5 Å². The zero-order chi connectivity index (χ0) is 14.2. The van der Waals surface area contributed by atoms with Crippen molar-refractivity contribution in [2.45, 2.75) is 44.2 Å². The molecular formula is C15H17N3O3. The molecule has 1 saturated heterocycles. The summed E-state index contributed by atoms with van der Waals surface area (Å²) in [5.41, 5.74) is 0.369. The van der Waals surface area contributed by atoms with E-state index < -0.39 is 0 Å². The van der Waals surface area contributed by atoms with E-state index in [-0.39, 0.29) is 11.7 Å². The van der Waals surface area contributed by atoms with Crippen LogP contribution in [0.4, 0.5) is 0 Å². The highest BCUT2D eigenvalue weighted by atomic mass is 16.5. The van der Waals surface area contributed by atoms with Gasteiger partial charge in [0.25, 0.3) is 11.4 Å². The van der Waals surface area contributed by atoms with Gasteiger partial charge in [0.15, 0.2) is 5.82 Å². The molecule has 1 aliphatic carbocycles. The lowest BCUT2D eigenvalue weighted by atomic mass is 10.2. The van der Waals surface area contributed by atoms with Crippen molar-refractivity contribution in [3.63, 3.8) is 0 Å². The Bertz CT molecular complexity index is 696. The molecule has 3 heterocycles. The predicted octanol–water partition coefficient (Wildman–Crippen LogP) is 1.95. The highest BCUT2D eigenvalue weighted by Gasteiger charge is 2.29. The Morgan fingerprint density at radius 1 is 1.33 bits per heavy atom. The Hall–Kier alpha value is -1.95. The molecule has 6 nitrogen and oxygen atoms in total. The SMILES string of the molecule is O=c1c(-c2nc(C3CC3)no2)cccn1CC1CCCO1. The summed E-state index contributed by atoms with van der Waals surface area (Å²) < 4.78 is 12.5. The lowest BCUT2D eigenvalue weighted by Crippen LogP contribution is -2.26. The van der Waals surface area contributed by atoms with Crippen molar-refractivity contribution in [2.24, 2.45) is 0 Å². The first-order valence-corrected chi connectivity index (χ1v) is 7.46. The largest absolute Gasteiger partial charge is 0.376 e. The van der Waals surface area contributed by atoms with Crippen molar-refractivity contribution in [3.8, 4) is 11.5 Å². The van der Waals surface area contributed by atoms with Gasteiger partial charge in [0, 0.05) is 18.7 Å². The van der Waals surface area contributed by atoms with Gasteiger partial charge in [-0.3, -0.25) is 4.79 Å². The molecule has 0 bridgehead atoms. The molecule has 1 unspecified atom stereocenters. The number of rotatable bonds is 4. The lowest BCUT2D eigenvalue weighted by Gasteiger charge is -2.11. The highest BCUT2D eigenvalue weighted by Crippen LogP contribution is 2.38. The minimum Gasteiger partial charge on any atom is -0.376 e. The van der Waals surface area contributed by atoms with Crippen LogP contribution in [0.1, 0.15) is 37.4 Å². The molecule has 0 radical (unpaired) electrons. The molecular weight excluding hydrogens is 270 g/mol. The van der Waals surface area contributed by atoms with Gasteiger partial charge in [-0.2, -0.15) is 4.98 Å². The van der Waals surface area contributed by atoms with Gasteiger partial charge in [-0.15, -0.1) is 0 Å². The smallest absolute Gasteiger partial charge is 0.263 e. The minimum atomic E-state index is -0.0982. The molecule has 1 saturated carbocycles. The van der Waals surface area contributed by atoms with Crippen LogP contribution in [0.2, 0.25) is 0 Å². The third kappa shape index (κ3) is 2.51. The Kier molecular flexibility index (Phi) is 3.11. The van der Waals surface area contributed by atoms with Crippen molar-refractivity contribution in [1.82, 2.24) is 14.7 Å². The molecule has 21 heavy (non-hydrogen) atoms. The molecule has 2 aliphatic rings. The molecule has 1 aliphatic heterocycles. The van der Waals surface area contributed by atoms with Crippen LogP contribution in [-0.4, -0.2) is 27.4 Å². The van der Waals surface area contributed by atoms with Crippen LogP contribution >= 0.6 is 0 Å². The Morgan fingerprint density at radius 3 is 3.00 bits per heavy atom. The Balaban J connectivity index is 1.63. The van der Waals surface area contributed by atoms with Crippen molar-refractivity contribution < 1.29 is 9.26 Å². The van der Waals surface area contributed by atoms with E-state index in [1.165, 1.54) is 0 Å². The second-order valence-corrected chi connectivity index (χ2v) is 5.75. The van der Waals surface area contributed by atoms with Crippen LogP contribution in [0.25, 0.3) is 11.5 Å². The van der Waals surface area contributed by atoms with E-state index in [1.807, 2.05) is 6.07 Å². The van der Waals surface area contributed by atoms with Gasteiger partial charge in [0.2, 0.25) is 0 Å². The van der Waals surface area contributed by atoms with Crippen LogP contribution in [-0.2, 0) is 11.3 Å². The summed E-state index contributed by atoms with van der Waals surface area (Å²) in [6.07, 6.45) is 6.19. The van der Waals surface area contributed by atoms with E-state index in [1.54, 1.807) is 16.8 Å². The first-order valence-electron chi connectivity index (χ1n) is 7.46. The summed E-state index contributed by atoms with van der Waals surface area (Å²) in [6.45, 7) is 1.36. The maximum absolute atomic E-state index is 12.5. The maximum atomic E-state index is 12.5. The monoisotopic (exact) mass is 287 g/mol. The van der Waals surface area contributed by atoms with Crippen molar-refractivity contribution >= 4 is 0 Å². The number of nitrogens with zero attached hydrogens (tertiary/aromatic N) is 3. The van der Waals surface area contributed by atoms with Gasteiger partial charge in [0.05, 0.1) is 12.6 Å². The number of hydrogen-bond acceptors (Lipinski definition) is 5. The third-order valence-corrected chi connectivity index (χ3v) is 4.06. The standard InChI is InChI=1S/C15H17N3O3/c19-15-12(14-16-13(17-21-14)10-5-6-10)4-1-7-18(15)9-11-3-2-8-20-11/h1,4,7,10-11H,2-3,5-6,8-9H2. The first kappa shape index (κ1) is 12.8.